The van der Waals surface area contributed by atoms with E-state index in [0.717, 1.165) is 40.4 Å². The number of hydrogen-bond donors (Lipinski definition) is 9. The first-order chi connectivity index (χ1) is 43.5. The molecule has 0 aliphatic carbocycles. The summed E-state index contributed by atoms with van der Waals surface area (Å²) >= 11 is 2.25. The number of aryl methyl sites for hydroxylation is 1. The van der Waals surface area contributed by atoms with Crippen LogP contribution in [-0.2, 0) is 51.1 Å². The van der Waals surface area contributed by atoms with Crippen LogP contribution in [0.15, 0.2) is 60.7 Å². The van der Waals surface area contributed by atoms with Gasteiger partial charge in [0, 0.05) is 131 Å². The number of likely N-dealkylation sites (tertiary alicyclic amines) is 1. The molecule has 1 fully saturated rings. The molecule has 0 unspecified atom stereocenters. The van der Waals surface area contributed by atoms with Gasteiger partial charge in [-0.25, -0.2) is 0 Å². The minimum absolute atomic E-state index is 0. The molecule has 4 aromatic rings. The minimum atomic E-state index is -1.09. The maximum Gasteiger partial charge on any atom is 0.317 e. The Morgan fingerprint density at radius 3 is 1.91 bits per heavy atom. The van der Waals surface area contributed by atoms with Gasteiger partial charge in [0.2, 0.25) is 29.5 Å². The number of ether oxygens (including phenoxy) is 1. The maximum absolute atomic E-state index is 13.7. The summed E-state index contributed by atoms with van der Waals surface area (Å²) in [5, 5.41) is 69.8. The van der Waals surface area contributed by atoms with E-state index in [1.807, 2.05) is 67.0 Å². The van der Waals surface area contributed by atoms with Gasteiger partial charge in [0.05, 0.1) is 51.4 Å². The molecule has 28 heteroatoms. The molecule has 515 valence electrons. The first kappa shape index (κ1) is 78.4. The fourth-order valence-electron chi connectivity index (χ4n) is 10.7. The molecular weight excluding hydrogens is 1460 g/mol. The number of nitrogens with one attached hydrogen (secondary N) is 4. The van der Waals surface area contributed by atoms with Crippen LogP contribution in [0, 0.1) is 46.4 Å². The molecule has 1 aliphatic rings. The minimum Gasteiger partial charge on any atom is -0.508 e. The normalized spacial score (nSPS) is 12.9. The molecule has 1 aromatic heterocycles. The zero-order valence-corrected chi connectivity index (χ0v) is 57.2. The van der Waals surface area contributed by atoms with Crippen molar-refractivity contribution in [2.24, 2.45) is 5.92 Å². The Hall–Kier alpha value is -6.08. The average molecular weight is 1560 g/mol. The number of carbonyl (C=O) groups is 8. The Kier molecular flexibility index (Phi) is 35.4. The number of carboxylic acids is 3. The van der Waals surface area contributed by atoms with Crippen molar-refractivity contribution in [3.63, 3.8) is 0 Å². The van der Waals surface area contributed by atoms with Crippen molar-refractivity contribution in [2.75, 3.05) is 125 Å². The van der Waals surface area contributed by atoms with Crippen molar-refractivity contribution in [1.29, 1.82) is 0 Å². The molecule has 0 spiro atoms. The van der Waals surface area contributed by atoms with Crippen LogP contribution in [-0.4, -0.2) is 243 Å². The molecule has 26 nitrogen and oxygen atoms in total. The topological polar surface area (TPSA) is 342 Å². The summed E-state index contributed by atoms with van der Waals surface area (Å²) < 4.78 is 8.54. The number of aromatic hydroxyl groups is 2. The summed E-state index contributed by atoms with van der Waals surface area (Å²) in [5.41, 5.74) is 3.77. The number of piperidine rings is 1. The molecule has 3 aromatic carbocycles. The van der Waals surface area contributed by atoms with Gasteiger partial charge < -0.3 is 56.4 Å². The third kappa shape index (κ3) is 27.9. The zero-order valence-electron chi connectivity index (χ0n) is 53.4. The Morgan fingerprint density at radius 2 is 1.30 bits per heavy atom. The number of carbonyl (C=O) groups excluding carboxylic acids is 5. The van der Waals surface area contributed by atoms with Crippen LogP contribution in [0.5, 0.6) is 11.5 Å². The van der Waals surface area contributed by atoms with E-state index in [1.165, 1.54) is 6.07 Å². The van der Waals surface area contributed by atoms with Crippen molar-refractivity contribution in [1.82, 2.24) is 60.5 Å². The first-order valence-electron chi connectivity index (χ1n) is 31.4. The summed E-state index contributed by atoms with van der Waals surface area (Å²) in [6.45, 7) is 10.7. The summed E-state index contributed by atoms with van der Waals surface area (Å²) in [5.74, 6) is -4.26. The van der Waals surface area contributed by atoms with Crippen molar-refractivity contribution >= 4 is 70.0 Å². The fraction of sp³-hybridized carbons (Fsp3) is 0.562. The monoisotopic (exact) mass is 1560 g/mol. The Morgan fingerprint density at radius 1 is 0.685 bits per heavy atom. The number of carboxylic acid groups (broad SMARTS) is 3. The molecular formula is C64H93ILuN12O14. The van der Waals surface area contributed by atoms with Crippen LogP contribution >= 0.6 is 22.6 Å². The van der Waals surface area contributed by atoms with Crippen LogP contribution in [0.1, 0.15) is 112 Å². The molecule has 5 amide bonds. The molecule has 92 heavy (non-hydrogen) atoms. The van der Waals surface area contributed by atoms with Crippen molar-refractivity contribution in [3.05, 3.63) is 86.7 Å². The standard InChI is InChI=1S/C64H93IN12O14.Lu/c1-6-66-64(90)62-71-70-61(51-38-50(44(3)4)53(78)39-54(51)79)77(62)49-20-16-46(17-21-49)37-47-22-27-76(28-23-47)57(82)24-35-91-36-26-68-63(89)52(12-8-9-25-67-55(80)13-10-11-45-14-18-48(65)19-15-45)69-56(81)40-73(7-2)31-32-75(43-60(87)88)34-33-74(42-59(85)86)30-29-72(5)41-58(83)84;/h14-21,38-39,44,47,52,78-79H,6-13,22-37,40-43H2,1-5H3,(H,66,90)(H,67,80)(H,68,89)(H,69,81)(H,83,84)(H,85,86)(H,87,88);/t52-;/m0./s1. The van der Waals surface area contributed by atoms with E-state index in [-0.39, 0.29) is 176 Å². The number of aromatic nitrogens is 3. The zero-order chi connectivity index (χ0) is 66.4. The summed E-state index contributed by atoms with van der Waals surface area (Å²) in [7, 11) is 1.61. The Bertz CT molecular complexity index is 3000. The van der Waals surface area contributed by atoms with Gasteiger partial charge in [-0.3, -0.25) is 62.5 Å². The second-order valence-electron chi connectivity index (χ2n) is 23.3. The van der Waals surface area contributed by atoms with Gasteiger partial charge >= 0.3 is 17.9 Å². The van der Waals surface area contributed by atoms with Crippen molar-refractivity contribution in [2.45, 2.75) is 104 Å². The maximum atomic E-state index is 13.7. The van der Waals surface area contributed by atoms with Crippen LogP contribution in [0.4, 0.5) is 0 Å². The quantitative estimate of drug-likeness (QED) is 0.0223. The molecule has 0 saturated carbocycles. The second kappa shape index (κ2) is 41.6. The van der Waals surface area contributed by atoms with Crippen LogP contribution in [0.25, 0.3) is 17.1 Å². The van der Waals surface area contributed by atoms with Gasteiger partial charge in [-0.05, 0) is 153 Å². The van der Waals surface area contributed by atoms with Crippen molar-refractivity contribution in [3.8, 4) is 28.6 Å². The number of likely N-dealkylation sites (N-methyl/N-ethyl adjacent to an activating group) is 2. The Balaban J connectivity index is 0.0000180. The van der Waals surface area contributed by atoms with Crippen LogP contribution in [0.3, 0.4) is 0 Å². The number of phenols is 2. The van der Waals surface area contributed by atoms with E-state index in [1.54, 1.807) is 39.3 Å². The first-order valence-corrected chi connectivity index (χ1v) is 32.5. The SMILES string of the molecule is CCNC(=O)c1nnc(-c2cc(C(C)C)c(O)cc2O)n1-c1ccc(CC2CCN(C(=O)CCOCCNC(=O)[C@H](CCCCNC(=O)CCCc3ccc(I)cc3)NC(=O)CN(CC)CCN(CCN(CCN(C)CC(=O)O)CC(=O)O)CC(=O)O)CC2)cc1.[Lu]. The number of phenolic OH excluding ortho intramolecular Hbond substituents is 2. The van der Waals surface area contributed by atoms with Gasteiger partial charge in [0.1, 0.15) is 17.5 Å². The van der Waals surface area contributed by atoms with Gasteiger partial charge in [-0.1, -0.05) is 45.0 Å². The number of amides is 5. The van der Waals surface area contributed by atoms with E-state index < -0.39 is 41.7 Å². The van der Waals surface area contributed by atoms with E-state index >= 15 is 0 Å². The summed E-state index contributed by atoms with van der Waals surface area (Å²) in [4.78, 5) is 110. The van der Waals surface area contributed by atoms with E-state index in [4.69, 9.17) is 9.84 Å². The summed E-state index contributed by atoms with van der Waals surface area (Å²) in [6, 6.07) is 17.9. The molecule has 0 bridgehead atoms. The number of rotatable bonds is 42. The predicted molar refractivity (Wildman–Crippen MR) is 350 cm³/mol. The Labute approximate surface area is 581 Å². The van der Waals surface area contributed by atoms with Crippen LogP contribution < -0.4 is 21.3 Å². The molecule has 1 saturated heterocycles. The largest absolute Gasteiger partial charge is 0.508 e. The average Bonchev–Trinajstić information content (AvgIpc) is 1.57. The van der Waals surface area contributed by atoms with E-state index in [0.29, 0.717) is 81.1 Å². The van der Waals surface area contributed by atoms with E-state index in [9.17, 15) is 58.8 Å². The second-order valence-corrected chi connectivity index (χ2v) is 24.5. The molecule has 9 N–H and O–H groups in total. The number of nitrogens with zero attached hydrogens (tertiary/aromatic N) is 8. The van der Waals surface area contributed by atoms with Gasteiger partial charge in [0.15, 0.2) is 5.82 Å². The number of benzene rings is 3. The number of hydrogen-bond acceptors (Lipinski definition) is 17. The molecule has 5 rings (SSSR count). The van der Waals surface area contributed by atoms with Gasteiger partial charge in [-0.2, -0.15) is 0 Å². The van der Waals surface area contributed by atoms with Gasteiger partial charge in [-0.15, -0.1) is 10.2 Å². The van der Waals surface area contributed by atoms with Crippen LogP contribution in [0.2, 0.25) is 0 Å². The third-order valence-corrected chi connectivity index (χ3v) is 16.5. The smallest absolute Gasteiger partial charge is 0.317 e. The molecule has 1 atom stereocenters. The fourth-order valence-corrected chi connectivity index (χ4v) is 11.0. The third-order valence-electron chi connectivity index (χ3n) is 15.8. The number of aliphatic carboxylic acids is 3. The van der Waals surface area contributed by atoms with E-state index in [2.05, 4.69) is 66.2 Å². The number of unbranched alkanes of at least 4 members (excludes halogenated alkanes) is 1. The number of halogens is 1. The molecule has 1 aliphatic heterocycles. The predicted octanol–water partition coefficient (Wildman–Crippen LogP) is 4.03. The van der Waals surface area contributed by atoms with Gasteiger partial charge in [0.25, 0.3) is 5.91 Å². The summed E-state index contributed by atoms with van der Waals surface area (Å²) in [6.07, 6.45) is 5.73. The van der Waals surface area contributed by atoms with Crippen molar-refractivity contribution < 1.29 is 106 Å². The molecule has 2 heterocycles. The molecule has 1 radical (unpaired) electrons.